The molecule has 4 nitrogen and oxygen atoms in total. The van der Waals surface area contributed by atoms with Crippen molar-refractivity contribution in [2.75, 3.05) is 0 Å². The Labute approximate surface area is 131 Å². The summed E-state index contributed by atoms with van der Waals surface area (Å²) in [5.74, 6) is 0.583. The van der Waals surface area contributed by atoms with Gasteiger partial charge in [0.2, 0.25) is 12.4 Å². The smallest absolute Gasteiger partial charge is 0.210 e. The Bertz CT molecular complexity index is 477. The van der Waals surface area contributed by atoms with E-state index in [0.717, 1.165) is 25.9 Å². The minimum atomic E-state index is 0. The second-order valence-electron chi connectivity index (χ2n) is 4.31. The Balaban J connectivity index is 0.00000180. The van der Waals surface area contributed by atoms with E-state index >= 15 is 0 Å². The van der Waals surface area contributed by atoms with Crippen LogP contribution >= 0.6 is 0 Å². The third kappa shape index (κ3) is 6.08. The molecule has 110 valence electrons. The summed E-state index contributed by atoms with van der Waals surface area (Å²) in [4.78, 5) is 0. The predicted octanol–water partition coefficient (Wildman–Crippen LogP) is -4.84. The highest BCUT2D eigenvalue weighted by Gasteiger charge is 2.04. The normalized spacial score (nSPS) is 9.40. The van der Waals surface area contributed by atoms with Gasteiger partial charge in [0.1, 0.15) is 13.1 Å². The number of halogens is 2. The van der Waals surface area contributed by atoms with E-state index in [1.807, 2.05) is 33.7 Å². The first-order chi connectivity index (χ1) is 8.74. The second kappa shape index (κ2) is 9.39. The van der Waals surface area contributed by atoms with Crippen LogP contribution < -0.4 is 33.9 Å². The van der Waals surface area contributed by atoms with Crippen molar-refractivity contribution in [3.63, 3.8) is 0 Å². The monoisotopic (exact) mass is 316 g/mol. The van der Waals surface area contributed by atoms with Gasteiger partial charge in [-0.05, 0) is 12.1 Å². The maximum atomic E-state index is 9.33. The first kappa shape index (κ1) is 18.5. The second-order valence-corrected chi connectivity index (χ2v) is 4.31. The summed E-state index contributed by atoms with van der Waals surface area (Å²) in [6, 6.07) is 7.00. The lowest BCUT2D eigenvalue weighted by Gasteiger charge is -1.98. The highest BCUT2D eigenvalue weighted by molar-refractivity contribution is 5.09. The fourth-order valence-electron chi connectivity index (χ4n) is 1.88. The van der Waals surface area contributed by atoms with Gasteiger partial charge in [-0.15, -0.1) is 0 Å². The molecule has 0 aliphatic carbocycles. The lowest BCUT2D eigenvalue weighted by molar-refractivity contribution is -0.708. The first-order valence-corrected chi connectivity index (χ1v) is 6.10. The molecule has 0 atom stereocenters. The van der Waals surface area contributed by atoms with Gasteiger partial charge < -0.3 is 35.0 Å². The van der Waals surface area contributed by atoms with Gasteiger partial charge in [0, 0.05) is 25.0 Å². The largest absolute Gasteiger partial charge is 1.00 e. The Morgan fingerprint density at radius 1 is 0.750 bits per heavy atom. The van der Waals surface area contributed by atoms with Crippen LogP contribution in [0.5, 0.6) is 11.5 Å². The van der Waals surface area contributed by atoms with E-state index in [9.17, 15) is 10.2 Å². The average Bonchev–Trinajstić information content (AvgIpc) is 2.35. The zero-order valence-electron chi connectivity index (χ0n) is 11.0. The van der Waals surface area contributed by atoms with Gasteiger partial charge in [0.05, 0.1) is 0 Å². The molecule has 2 rings (SSSR count). The molecule has 0 unspecified atom stereocenters. The van der Waals surface area contributed by atoms with Crippen LogP contribution in [0.3, 0.4) is 0 Å². The molecule has 0 amide bonds. The van der Waals surface area contributed by atoms with E-state index in [1.165, 1.54) is 0 Å². The van der Waals surface area contributed by atoms with E-state index in [1.54, 1.807) is 24.5 Å². The Morgan fingerprint density at radius 2 is 1.15 bits per heavy atom. The van der Waals surface area contributed by atoms with Gasteiger partial charge in [0.25, 0.3) is 0 Å². The number of pyridine rings is 2. The van der Waals surface area contributed by atoms with Crippen molar-refractivity contribution in [3.05, 3.63) is 49.1 Å². The number of aromatic nitrogens is 2. The molecule has 2 aromatic heterocycles. The van der Waals surface area contributed by atoms with Gasteiger partial charge in [-0.25, -0.2) is 9.13 Å². The molecule has 0 aromatic carbocycles. The van der Waals surface area contributed by atoms with Crippen molar-refractivity contribution in [2.24, 2.45) is 0 Å². The summed E-state index contributed by atoms with van der Waals surface area (Å²) in [5.41, 5.74) is 0. The van der Waals surface area contributed by atoms with Gasteiger partial charge in [-0.1, -0.05) is 0 Å². The summed E-state index contributed by atoms with van der Waals surface area (Å²) in [7, 11) is 0. The summed E-state index contributed by atoms with van der Waals surface area (Å²) < 4.78 is 3.95. The minimum Gasteiger partial charge on any atom is -1.00 e. The lowest BCUT2D eigenvalue weighted by Crippen LogP contribution is -3.00. The quantitative estimate of drug-likeness (QED) is 0.429. The molecule has 2 N–H and O–H groups in total. The zero-order valence-corrected chi connectivity index (χ0v) is 12.5. The van der Waals surface area contributed by atoms with E-state index in [-0.39, 0.29) is 24.8 Å². The van der Waals surface area contributed by atoms with Crippen molar-refractivity contribution in [1.29, 1.82) is 0 Å². The highest BCUT2D eigenvalue weighted by Crippen LogP contribution is 2.02. The Hall–Kier alpha value is -1.52. The molecule has 0 aliphatic heterocycles. The van der Waals surface area contributed by atoms with Crippen molar-refractivity contribution < 1.29 is 44.2 Å². The van der Waals surface area contributed by atoms with Crippen LogP contribution in [-0.4, -0.2) is 10.2 Å². The molecule has 0 saturated heterocycles. The average molecular weight is 317 g/mol. The first-order valence-electron chi connectivity index (χ1n) is 6.10. The number of hydrogen-bond acceptors (Lipinski definition) is 2. The fourth-order valence-corrected chi connectivity index (χ4v) is 1.88. The molecule has 0 fully saturated rings. The van der Waals surface area contributed by atoms with E-state index in [0.29, 0.717) is 11.5 Å². The van der Waals surface area contributed by atoms with Crippen molar-refractivity contribution in [3.8, 4) is 11.5 Å². The molecule has 0 bridgehead atoms. The van der Waals surface area contributed by atoms with Crippen LogP contribution in [0, 0.1) is 0 Å². The number of rotatable bonds is 5. The lowest BCUT2D eigenvalue weighted by atomic mass is 10.3. The standard InChI is InChI=1S/C14H16N2O2.2ClH/c17-13-5-3-9-15(11-13)7-1-2-8-16-10-4-6-14(18)12-16;;/h3-6,9-12H,1-2,7-8H2;2*1H. The van der Waals surface area contributed by atoms with E-state index in [4.69, 9.17) is 0 Å². The van der Waals surface area contributed by atoms with Gasteiger partial charge >= 0.3 is 0 Å². The SMILES string of the molecule is Oc1ccc[n+](CCCC[n+]2cccc(O)c2)c1.[Cl-].[Cl-]. The van der Waals surface area contributed by atoms with Crippen LogP contribution in [-0.2, 0) is 13.1 Å². The molecule has 0 saturated carbocycles. The van der Waals surface area contributed by atoms with Crippen LogP contribution in [0.4, 0.5) is 0 Å². The molecule has 2 heterocycles. The van der Waals surface area contributed by atoms with Gasteiger partial charge in [-0.2, -0.15) is 0 Å². The predicted molar refractivity (Wildman–Crippen MR) is 65.8 cm³/mol. The summed E-state index contributed by atoms with van der Waals surface area (Å²) in [6.45, 7) is 1.77. The molecule has 0 aliphatic rings. The highest BCUT2D eigenvalue weighted by atomic mass is 35.5. The van der Waals surface area contributed by atoms with Crippen LogP contribution in [0.15, 0.2) is 49.1 Å². The molecule has 2 aromatic rings. The zero-order chi connectivity index (χ0) is 12.8. The molecule has 0 radical (unpaired) electrons. The van der Waals surface area contributed by atoms with Gasteiger partial charge in [-0.3, -0.25) is 0 Å². The van der Waals surface area contributed by atoms with Crippen LogP contribution in [0.25, 0.3) is 0 Å². The maximum Gasteiger partial charge on any atom is 0.210 e. The molecular formula is C14H18Cl2N2O2. The maximum absolute atomic E-state index is 9.33. The molecular weight excluding hydrogens is 299 g/mol. The third-order valence-corrected chi connectivity index (χ3v) is 2.77. The summed E-state index contributed by atoms with van der Waals surface area (Å²) in [6.07, 6.45) is 9.39. The van der Waals surface area contributed by atoms with Crippen LogP contribution in [0.2, 0.25) is 0 Å². The number of nitrogens with zero attached hydrogens (tertiary/aromatic N) is 2. The number of unbranched alkanes of at least 4 members (excludes halogenated alkanes) is 1. The van der Waals surface area contributed by atoms with E-state index in [2.05, 4.69) is 0 Å². The molecule has 20 heavy (non-hydrogen) atoms. The number of aryl methyl sites for hydroxylation is 2. The fraction of sp³-hybridized carbons (Fsp3) is 0.286. The summed E-state index contributed by atoms with van der Waals surface area (Å²) in [5, 5.41) is 18.7. The minimum absolute atomic E-state index is 0. The van der Waals surface area contributed by atoms with Crippen molar-refractivity contribution in [2.45, 2.75) is 25.9 Å². The third-order valence-electron chi connectivity index (χ3n) is 2.77. The van der Waals surface area contributed by atoms with E-state index < -0.39 is 0 Å². The topological polar surface area (TPSA) is 48.2 Å². The number of aromatic hydroxyl groups is 2. The molecule has 6 heteroatoms. The van der Waals surface area contributed by atoms with Crippen molar-refractivity contribution in [1.82, 2.24) is 0 Å². The number of hydrogen-bond donors (Lipinski definition) is 2. The van der Waals surface area contributed by atoms with Crippen molar-refractivity contribution >= 4 is 0 Å². The Morgan fingerprint density at radius 3 is 1.50 bits per heavy atom. The molecule has 0 spiro atoms. The Kier molecular flexibility index (Phi) is 8.68. The van der Waals surface area contributed by atoms with Crippen LogP contribution in [0.1, 0.15) is 12.8 Å². The summed E-state index contributed by atoms with van der Waals surface area (Å²) >= 11 is 0. The van der Waals surface area contributed by atoms with Gasteiger partial charge in [0.15, 0.2) is 23.9 Å².